The number of methoxy groups -OCH3 is 1. The van der Waals surface area contributed by atoms with Crippen LogP contribution < -0.4 is 11.1 Å². The molecule has 5 nitrogen and oxygen atoms in total. The third-order valence-electron chi connectivity index (χ3n) is 2.70. The molecule has 13 heavy (non-hydrogen) atoms. The Kier molecular flexibility index (Phi) is 3.63. The Balaban J connectivity index is 2.69. The lowest BCUT2D eigenvalue weighted by molar-refractivity contribution is -0.0935. The Morgan fingerprint density at radius 1 is 1.38 bits per heavy atom. The maximum atomic E-state index is 9.64. The Hall–Kier alpha value is -0.200. The molecule has 0 aromatic carbocycles. The number of nitrogens with one attached hydrogen (secondary N) is 1. The van der Waals surface area contributed by atoms with Gasteiger partial charge in [-0.1, -0.05) is 0 Å². The van der Waals surface area contributed by atoms with Crippen LogP contribution in [0, 0.1) is 0 Å². The van der Waals surface area contributed by atoms with Crippen molar-refractivity contribution in [3.05, 3.63) is 0 Å². The minimum Gasteiger partial charge on any atom is -0.389 e. The minimum absolute atomic E-state index is 0.140. The van der Waals surface area contributed by atoms with Crippen LogP contribution in [0.4, 0.5) is 0 Å². The largest absolute Gasteiger partial charge is 0.389 e. The standard InChI is InChI=1S/C8H18N2O3/c1-10-6-5(13-2)3-4(9)7(11)8(6)12/h4-8,10-12H,3,9H2,1-2H3/t4-,5+,6-,7-,8-/m0/s1. The van der Waals surface area contributed by atoms with Crippen molar-refractivity contribution in [2.24, 2.45) is 5.73 Å². The second kappa shape index (κ2) is 4.34. The predicted molar refractivity (Wildman–Crippen MR) is 48.3 cm³/mol. The Labute approximate surface area is 77.9 Å². The summed E-state index contributed by atoms with van der Waals surface area (Å²) in [4.78, 5) is 0. The lowest BCUT2D eigenvalue weighted by atomic mass is 9.84. The van der Waals surface area contributed by atoms with Gasteiger partial charge in [-0.2, -0.15) is 0 Å². The van der Waals surface area contributed by atoms with Gasteiger partial charge < -0.3 is 26.0 Å². The molecule has 0 aromatic heterocycles. The summed E-state index contributed by atoms with van der Waals surface area (Å²) in [7, 11) is 3.30. The molecule has 1 rings (SSSR count). The van der Waals surface area contributed by atoms with Crippen LogP contribution in [0.3, 0.4) is 0 Å². The van der Waals surface area contributed by atoms with E-state index in [9.17, 15) is 10.2 Å². The molecular formula is C8H18N2O3. The van der Waals surface area contributed by atoms with Crippen molar-refractivity contribution in [1.82, 2.24) is 5.32 Å². The number of hydrogen-bond acceptors (Lipinski definition) is 5. The van der Waals surface area contributed by atoms with Crippen LogP contribution in [0.2, 0.25) is 0 Å². The van der Waals surface area contributed by atoms with Crippen LogP contribution in [-0.2, 0) is 4.74 Å². The third-order valence-corrected chi connectivity index (χ3v) is 2.70. The highest BCUT2D eigenvalue weighted by molar-refractivity contribution is 4.98. The summed E-state index contributed by atoms with van der Waals surface area (Å²) >= 11 is 0. The van der Waals surface area contributed by atoms with Gasteiger partial charge in [0.15, 0.2) is 0 Å². The zero-order valence-electron chi connectivity index (χ0n) is 7.97. The smallest absolute Gasteiger partial charge is 0.0992 e. The average molecular weight is 190 g/mol. The van der Waals surface area contributed by atoms with E-state index in [2.05, 4.69) is 5.32 Å². The van der Waals surface area contributed by atoms with Gasteiger partial charge in [-0.3, -0.25) is 0 Å². The molecule has 0 saturated heterocycles. The first kappa shape index (κ1) is 10.9. The van der Waals surface area contributed by atoms with Crippen molar-refractivity contribution in [2.75, 3.05) is 14.2 Å². The van der Waals surface area contributed by atoms with Crippen molar-refractivity contribution in [3.8, 4) is 0 Å². The van der Waals surface area contributed by atoms with Gasteiger partial charge in [0.05, 0.1) is 24.4 Å². The minimum atomic E-state index is -0.871. The summed E-state index contributed by atoms with van der Waals surface area (Å²) in [6.45, 7) is 0. The molecule has 0 radical (unpaired) electrons. The first-order valence-electron chi connectivity index (χ1n) is 4.43. The van der Waals surface area contributed by atoms with E-state index in [-0.39, 0.29) is 12.1 Å². The molecule has 5 heteroatoms. The molecule has 0 heterocycles. The quantitative estimate of drug-likeness (QED) is 0.406. The van der Waals surface area contributed by atoms with Gasteiger partial charge in [-0.05, 0) is 13.5 Å². The summed E-state index contributed by atoms with van der Waals surface area (Å²) in [5.74, 6) is 0. The van der Waals surface area contributed by atoms with Crippen LogP contribution >= 0.6 is 0 Å². The maximum Gasteiger partial charge on any atom is 0.0992 e. The van der Waals surface area contributed by atoms with Crippen molar-refractivity contribution >= 4 is 0 Å². The molecule has 5 atom stereocenters. The van der Waals surface area contributed by atoms with Crippen LogP contribution in [0.15, 0.2) is 0 Å². The van der Waals surface area contributed by atoms with Crippen LogP contribution in [0.1, 0.15) is 6.42 Å². The van der Waals surface area contributed by atoms with Gasteiger partial charge >= 0.3 is 0 Å². The Morgan fingerprint density at radius 3 is 2.46 bits per heavy atom. The molecule has 0 bridgehead atoms. The first-order chi connectivity index (χ1) is 6.11. The van der Waals surface area contributed by atoms with Gasteiger partial charge in [0, 0.05) is 13.2 Å². The monoisotopic (exact) mass is 190 g/mol. The molecule has 0 amide bonds. The van der Waals surface area contributed by atoms with Gasteiger partial charge in [-0.15, -0.1) is 0 Å². The number of aliphatic hydroxyl groups is 2. The molecule has 0 unspecified atom stereocenters. The highest BCUT2D eigenvalue weighted by atomic mass is 16.5. The van der Waals surface area contributed by atoms with Crippen molar-refractivity contribution < 1.29 is 14.9 Å². The fourth-order valence-electron chi connectivity index (χ4n) is 1.84. The van der Waals surface area contributed by atoms with E-state index in [1.165, 1.54) is 0 Å². The topological polar surface area (TPSA) is 87.7 Å². The van der Waals surface area contributed by atoms with E-state index >= 15 is 0 Å². The zero-order valence-corrected chi connectivity index (χ0v) is 7.97. The van der Waals surface area contributed by atoms with E-state index in [1.54, 1.807) is 14.2 Å². The number of ether oxygens (including phenoxy) is 1. The second-order valence-electron chi connectivity index (χ2n) is 3.47. The Bertz CT molecular complexity index is 165. The van der Waals surface area contributed by atoms with Gasteiger partial charge in [-0.25, -0.2) is 0 Å². The molecule has 0 spiro atoms. The van der Waals surface area contributed by atoms with Crippen molar-refractivity contribution in [2.45, 2.75) is 36.8 Å². The van der Waals surface area contributed by atoms with E-state index in [1.807, 2.05) is 0 Å². The summed E-state index contributed by atoms with van der Waals surface area (Å²) in [6, 6.07) is -0.663. The molecule has 0 aliphatic heterocycles. The number of aliphatic hydroxyl groups excluding tert-OH is 2. The Morgan fingerprint density at radius 2 is 2.00 bits per heavy atom. The maximum absolute atomic E-state index is 9.64. The lowest BCUT2D eigenvalue weighted by Gasteiger charge is -2.40. The average Bonchev–Trinajstić information content (AvgIpc) is 2.13. The number of rotatable bonds is 2. The van der Waals surface area contributed by atoms with Crippen molar-refractivity contribution in [1.29, 1.82) is 0 Å². The second-order valence-corrected chi connectivity index (χ2v) is 3.47. The van der Waals surface area contributed by atoms with E-state index in [0.29, 0.717) is 6.42 Å². The predicted octanol–water partition coefficient (Wildman–Crippen LogP) is -1.96. The molecule has 1 fully saturated rings. The molecule has 1 aliphatic rings. The molecule has 5 N–H and O–H groups in total. The third kappa shape index (κ3) is 2.00. The zero-order chi connectivity index (χ0) is 10.0. The molecule has 78 valence electrons. The molecule has 1 saturated carbocycles. The van der Waals surface area contributed by atoms with Gasteiger partial charge in [0.2, 0.25) is 0 Å². The molecular weight excluding hydrogens is 172 g/mol. The normalized spacial score (nSPS) is 46.4. The van der Waals surface area contributed by atoms with Crippen LogP contribution in [0.5, 0.6) is 0 Å². The summed E-state index contributed by atoms with van der Waals surface area (Å²) < 4.78 is 5.17. The van der Waals surface area contributed by atoms with Crippen LogP contribution in [-0.4, -0.2) is 54.8 Å². The number of nitrogens with two attached hydrogens (primary N) is 1. The number of hydrogen-bond donors (Lipinski definition) is 4. The van der Waals surface area contributed by atoms with E-state index in [0.717, 1.165) is 0 Å². The number of likely N-dealkylation sites (N-methyl/N-ethyl adjacent to an activating group) is 1. The fraction of sp³-hybridized carbons (Fsp3) is 1.00. The lowest BCUT2D eigenvalue weighted by Crippen LogP contribution is -2.63. The van der Waals surface area contributed by atoms with E-state index < -0.39 is 18.2 Å². The van der Waals surface area contributed by atoms with Crippen LogP contribution in [0.25, 0.3) is 0 Å². The van der Waals surface area contributed by atoms with Crippen molar-refractivity contribution in [3.63, 3.8) is 0 Å². The molecule has 0 aromatic rings. The van der Waals surface area contributed by atoms with Gasteiger partial charge in [0.25, 0.3) is 0 Å². The summed E-state index contributed by atoms with van der Waals surface area (Å²) in [5, 5.41) is 22.0. The summed E-state index contributed by atoms with van der Waals surface area (Å²) in [6.07, 6.45) is -1.32. The summed E-state index contributed by atoms with van der Waals surface area (Å²) in [5.41, 5.74) is 5.63. The fourth-order valence-corrected chi connectivity index (χ4v) is 1.84. The first-order valence-corrected chi connectivity index (χ1v) is 4.43. The van der Waals surface area contributed by atoms with E-state index in [4.69, 9.17) is 10.5 Å². The highest BCUT2D eigenvalue weighted by Crippen LogP contribution is 2.21. The molecule has 1 aliphatic carbocycles. The SMILES string of the molecule is CN[C@@H]1[C@H](O)[C@@H](O)[C@@H](N)C[C@H]1OC. The van der Waals surface area contributed by atoms with Gasteiger partial charge in [0.1, 0.15) is 0 Å². The highest BCUT2D eigenvalue weighted by Gasteiger charge is 2.41.